The fourth-order valence-electron chi connectivity index (χ4n) is 2.43. The topological polar surface area (TPSA) is 59.8 Å². The molecule has 0 aliphatic carbocycles. The minimum atomic E-state index is -0.226. The van der Waals surface area contributed by atoms with Crippen molar-refractivity contribution in [3.05, 3.63) is 70.2 Å². The van der Waals surface area contributed by atoms with E-state index in [-0.39, 0.29) is 5.91 Å². The van der Waals surface area contributed by atoms with Gasteiger partial charge in [0.15, 0.2) is 0 Å². The molecule has 3 rings (SSSR count). The second kappa shape index (κ2) is 7.68. The van der Waals surface area contributed by atoms with Crippen molar-refractivity contribution < 1.29 is 4.79 Å². The monoisotopic (exact) mass is 374 g/mol. The molecule has 0 fully saturated rings. The molecule has 1 N–H and O–H groups in total. The number of rotatable bonds is 5. The molecule has 0 atom stereocenters. The van der Waals surface area contributed by atoms with Crippen molar-refractivity contribution in [1.82, 2.24) is 20.1 Å². The number of pyridine rings is 1. The maximum absolute atomic E-state index is 12.3. The molecule has 2 aromatic heterocycles. The second-order valence-electron chi connectivity index (χ2n) is 5.57. The van der Waals surface area contributed by atoms with Gasteiger partial charge in [0.05, 0.1) is 6.20 Å². The molecule has 0 unspecified atom stereocenters. The molecule has 3 aromatic rings. The molecule has 7 heteroatoms. The van der Waals surface area contributed by atoms with Crippen molar-refractivity contribution in [2.45, 2.75) is 6.42 Å². The highest BCUT2D eigenvalue weighted by molar-refractivity contribution is 6.35. The van der Waals surface area contributed by atoms with Gasteiger partial charge < -0.3 is 5.32 Å². The summed E-state index contributed by atoms with van der Waals surface area (Å²) in [5.74, 6) is -0.226. The Morgan fingerprint density at radius 2 is 2.04 bits per heavy atom. The van der Waals surface area contributed by atoms with Crippen LogP contribution in [0.15, 0.2) is 48.9 Å². The van der Waals surface area contributed by atoms with Crippen LogP contribution in [0.5, 0.6) is 0 Å². The van der Waals surface area contributed by atoms with Gasteiger partial charge in [0.1, 0.15) is 5.69 Å². The van der Waals surface area contributed by atoms with Crippen LogP contribution in [0.4, 0.5) is 0 Å². The Kier molecular flexibility index (Phi) is 5.36. The SMILES string of the molecule is Cn1cc(-c2ccnc(C(=O)NCCc3ccc(Cl)cc3Cl)c2)cn1. The van der Waals surface area contributed by atoms with Gasteiger partial charge in [0, 0.05) is 41.6 Å². The number of nitrogens with one attached hydrogen (secondary N) is 1. The summed E-state index contributed by atoms with van der Waals surface area (Å²) in [5.41, 5.74) is 3.13. The standard InChI is InChI=1S/C18H16Cl2N4O/c1-24-11-14(10-23-24)13-5-6-21-17(8-13)18(25)22-7-4-12-2-3-15(19)9-16(12)20/h2-3,5-6,8-11H,4,7H2,1H3,(H,22,25). The number of aryl methyl sites for hydroxylation is 1. The van der Waals surface area contributed by atoms with Crippen LogP contribution in [0.25, 0.3) is 11.1 Å². The Balaban J connectivity index is 1.63. The number of nitrogens with zero attached hydrogens (tertiary/aromatic N) is 3. The predicted molar refractivity (Wildman–Crippen MR) is 98.9 cm³/mol. The number of hydrogen-bond donors (Lipinski definition) is 1. The first-order valence-corrected chi connectivity index (χ1v) is 8.46. The highest BCUT2D eigenvalue weighted by Gasteiger charge is 2.10. The molecular weight excluding hydrogens is 359 g/mol. The van der Waals surface area contributed by atoms with E-state index < -0.39 is 0 Å². The van der Waals surface area contributed by atoms with Gasteiger partial charge >= 0.3 is 0 Å². The summed E-state index contributed by atoms with van der Waals surface area (Å²) < 4.78 is 1.71. The summed E-state index contributed by atoms with van der Waals surface area (Å²) >= 11 is 12.0. The molecule has 0 saturated carbocycles. The van der Waals surface area contributed by atoms with E-state index in [1.54, 1.807) is 35.3 Å². The van der Waals surface area contributed by atoms with Gasteiger partial charge in [-0.1, -0.05) is 29.3 Å². The van der Waals surface area contributed by atoms with Crippen LogP contribution in [0, 0.1) is 0 Å². The minimum Gasteiger partial charge on any atom is -0.350 e. The molecule has 0 bridgehead atoms. The largest absolute Gasteiger partial charge is 0.350 e. The van der Waals surface area contributed by atoms with E-state index in [1.807, 2.05) is 25.4 Å². The Morgan fingerprint density at radius 1 is 1.20 bits per heavy atom. The number of aromatic nitrogens is 3. The fraction of sp³-hybridized carbons (Fsp3) is 0.167. The summed E-state index contributed by atoms with van der Waals surface area (Å²) in [7, 11) is 1.85. The molecular formula is C18H16Cl2N4O. The van der Waals surface area contributed by atoms with Crippen molar-refractivity contribution >= 4 is 29.1 Å². The molecule has 5 nitrogen and oxygen atoms in total. The molecule has 0 saturated heterocycles. The summed E-state index contributed by atoms with van der Waals surface area (Å²) in [6.45, 7) is 0.457. The van der Waals surface area contributed by atoms with Crippen LogP contribution < -0.4 is 5.32 Å². The number of carbonyl (C=O) groups excluding carboxylic acids is 1. The van der Waals surface area contributed by atoms with Gasteiger partial charge in [-0.3, -0.25) is 14.5 Å². The van der Waals surface area contributed by atoms with Crippen molar-refractivity contribution in [1.29, 1.82) is 0 Å². The van der Waals surface area contributed by atoms with Crippen LogP contribution in [0.3, 0.4) is 0 Å². The molecule has 2 heterocycles. The smallest absolute Gasteiger partial charge is 0.269 e. The summed E-state index contributed by atoms with van der Waals surface area (Å²) in [4.78, 5) is 16.5. The quantitative estimate of drug-likeness (QED) is 0.739. The van der Waals surface area contributed by atoms with Gasteiger partial charge in [0.2, 0.25) is 0 Å². The first-order valence-electron chi connectivity index (χ1n) is 7.70. The average molecular weight is 375 g/mol. The van der Waals surface area contributed by atoms with E-state index >= 15 is 0 Å². The van der Waals surface area contributed by atoms with Crippen LogP contribution in [0.1, 0.15) is 16.1 Å². The molecule has 1 aromatic carbocycles. The number of amides is 1. The van der Waals surface area contributed by atoms with Crippen LogP contribution in [-0.2, 0) is 13.5 Å². The Bertz CT molecular complexity index is 908. The number of hydrogen-bond acceptors (Lipinski definition) is 3. The number of carbonyl (C=O) groups is 1. The third-order valence-corrected chi connectivity index (χ3v) is 4.31. The second-order valence-corrected chi connectivity index (χ2v) is 6.42. The highest BCUT2D eigenvalue weighted by atomic mass is 35.5. The Labute approximate surface area is 155 Å². The van der Waals surface area contributed by atoms with Crippen LogP contribution in [0.2, 0.25) is 10.0 Å². The fourth-order valence-corrected chi connectivity index (χ4v) is 2.93. The number of benzene rings is 1. The normalized spacial score (nSPS) is 10.7. The Morgan fingerprint density at radius 3 is 2.76 bits per heavy atom. The van der Waals surface area contributed by atoms with E-state index in [1.165, 1.54) is 0 Å². The maximum atomic E-state index is 12.3. The van der Waals surface area contributed by atoms with Crippen molar-refractivity contribution in [2.24, 2.45) is 7.05 Å². The van der Waals surface area contributed by atoms with Gasteiger partial charge in [0.25, 0.3) is 5.91 Å². The Hall–Kier alpha value is -2.37. The van der Waals surface area contributed by atoms with Crippen molar-refractivity contribution in [3.8, 4) is 11.1 Å². The highest BCUT2D eigenvalue weighted by Crippen LogP contribution is 2.21. The van der Waals surface area contributed by atoms with Gasteiger partial charge in [-0.2, -0.15) is 5.10 Å². The predicted octanol–water partition coefficient (Wildman–Crippen LogP) is 3.76. The van der Waals surface area contributed by atoms with E-state index in [0.29, 0.717) is 28.7 Å². The zero-order valence-electron chi connectivity index (χ0n) is 13.5. The zero-order valence-corrected chi connectivity index (χ0v) is 15.1. The lowest BCUT2D eigenvalue weighted by Gasteiger charge is -2.07. The maximum Gasteiger partial charge on any atom is 0.269 e. The van der Waals surface area contributed by atoms with E-state index in [9.17, 15) is 4.79 Å². The molecule has 0 aliphatic heterocycles. The lowest BCUT2D eigenvalue weighted by atomic mass is 10.1. The number of halogens is 2. The third-order valence-electron chi connectivity index (χ3n) is 3.73. The van der Waals surface area contributed by atoms with Crippen molar-refractivity contribution in [3.63, 3.8) is 0 Å². The first-order chi connectivity index (χ1) is 12.0. The molecule has 25 heavy (non-hydrogen) atoms. The van der Waals surface area contributed by atoms with Crippen molar-refractivity contribution in [2.75, 3.05) is 6.54 Å². The van der Waals surface area contributed by atoms with Crippen LogP contribution in [-0.4, -0.2) is 27.2 Å². The zero-order chi connectivity index (χ0) is 17.8. The first kappa shape index (κ1) is 17.5. The summed E-state index contributed by atoms with van der Waals surface area (Å²) in [6.07, 6.45) is 5.87. The molecule has 0 aliphatic rings. The summed E-state index contributed by atoms with van der Waals surface area (Å²) in [5, 5.41) is 8.19. The lowest BCUT2D eigenvalue weighted by molar-refractivity contribution is 0.0949. The lowest BCUT2D eigenvalue weighted by Crippen LogP contribution is -2.26. The molecule has 1 amide bonds. The van der Waals surface area contributed by atoms with E-state index in [2.05, 4.69) is 15.4 Å². The average Bonchev–Trinajstić information content (AvgIpc) is 3.03. The minimum absolute atomic E-state index is 0.226. The third kappa shape index (κ3) is 4.38. The van der Waals surface area contributed by atoms with E-state index in [4.69, 9.17) is 23.2 Å². The van der Waals surface area contributed by atoms with Crippen LogP contribution >= 0.6 is 23.2 Å². The van der Waals surface area contributed by atoms with Gasteiger partial charge in [-0.05, 0) is 41.8 Å². The molecule has 0 spiro atoms. The molecule has 0 radical (unpaired) electrons. The van der Waals surface area contributed by atoms with Gasteiger partial charge in [-0.15, -0.1) is 0 Å². The summed E-state index contributed by atoms with van der Waals surface area (Å²) in [6, 6.07) is 8.93. The van der Waals surface area contributed by atoms with E-state index in [0.717, 1.165) is 16.7 Å². The molecule has 128 valence electrons. The van der Waals surface area contributed by atoms with Gasteiger partial charge in [-0.25, -0.2) is 0 Å².